The van der Waals surface area contributed by atoms with Crippen LogP contribution in [-0.2, 0) is 9.84 Å². The van der Waals surface area contributed by atoms with Crippen LogP contribution in [0.15, 0.2) is 70.1 Å². The number of benzene rings is 2. The van der Waals surface area contributed by atoms with Gasteiger partial charge in [-0.1, -0.05) is 35.5 Å². The van der Waals surface area contributed by atoms with E-state index in [9.17, 15) is 13.2 Å². The molecule has 0 bridgehead atoms. The Morgan fingerprint density at radius 3 is 2.42 bits per heavy atom. The summed E-state index contributed by atoms with van der Waals surface area (Å²) in [7, 11) is -3.31. The minimum Gasteiger partial charge on any atom is -0.335 e. The second kappa shape index (κ2) is 7.31. The maximum Gasteiger partial charge on any atom is 0.259 e. The molecule has 0 saturated heterocycles. The quantitative estimate of drug-likeness (QED) is 0.500. The molecule has 0 unspecified atom stereocenters. The number of hydrogen-bond acceptors (Lipinski definition) is 6. The molecule has 8 heteroatoms. The number of rotatable bonds is 5. The van der Waals surface area contributed by atoms with Gasteiger partial charge in [0.05, 0.1) is 27.2 Å². The molecule has 1 aliphatic rings. The first-order valence-electron chi connectivity index (χ1n) is 9.87. The molecule has 1 fully saturated rings. The molecule has 5 rings (SSSR count). The van der Waals surface area contributed by atoms with Crippen molar-refractivity contribution in [1.29, 1.82) is 0 Å². The van der Waals surface area contributed by atoms with Crippen LogP contribution in [0.25, 0.3) is 22.4 Å². The average Bonchev–Trinajstić information content (AvgIpc) is 3.52. The van der Waals surface area contributed by atoms with E-state index in [0.717, 1.165) is 30.4 Å². The van der Waals surface area contributed by atoms with Gasteiger partial charge in [0.25, 0.3) is 11.6 Å². The van der Waals surface area contributed by atoms with Crippen molar-refractivity contribution in [2.24, 2.45) is 0 Å². The van der Waals surface area contributed by atoms with Crippen LogP contribution >= 0.6 is 0 Å². The Kier molecular flexibility index (Phi) is 4.59. The molecule has 2 heterocycles. The van der Waals surface area contributed by atoms with Crippen LogP contribution in [-0.4, -0.2) is 30.7 Å². The lowest BCUT2D eigenvalue weighted by atomic mass is 10.0. The number of pyridine rings is 1. The van der Waals surface area contributed by atoms with Gasteiger partial charge in [-0.25, -0.2) is 13.4 Å². The number of carbonyl (C=O) groups is 1. The summed E-state index contributed by atoms with van der Waals surface area (Å²) in [5.41, 5.74) is 3.50. The summed E-state index contributed by atoms with van der Waals surface area (Å²) >= 11 is 0. The Balaban J connectivity index is 1.57. The summed E-state index contributed by atoms with van der Waals surface area (Å²) in [6.45, 7) is 0. The molecular weight excluding hydrogens is 414 g/mol. The van der Waals surface area contributed by atoms with Crippen molar-refractivity contribution >= 4 is 32.5 Å². The Hall–Kier alpha value is -3.52. The van der Waals surface area contributed by atoms with Gasteiger partial charge >= 0.3 is 0 Å². The molecule has 0 atom stereocenters. The van der Waals surface area contributed by atoms with Gasteiger partial charge < -0.3 is 9.84 Å². The number of carbonyl (C=O) groups excluding carboxylic acids is 1. The SMILES string of the molecule is CS(=O)(=O)c1ccc(NC(=O)c2cc(-c3ccccc3)nc3onc(C4CC4)c23)cc1. The second-order valence-corrected chi connectivity index (χ2v) is 9.71. The van der Waals surface area contributed by atoms with Crippen molar-refractivity contribution in [3.8, 4) is 11.3 Å². The molecular formula is C23H19N3O4S. The Bertz CT molecular complexity index is 1390. The van der Waals surface area contributed by atoms with Crippen LogP contribution in [0.4, 0.5) is 5.69 Å². The predicted octanol–water partition coefficient (Wildman–Crippen LogP) is 4.42. The third-order valence-corrected chi connectivity index (χ3v) is 6.42. The Morgan fingerprint density at radius 2 is 1.77 bits per heavy atom. The third-order valence-electron chi connectivity index (χ3n) is 5.29. The maximum atomic E-state index is 13.3. The molecule has 2 aromatic heterocycles. The van der Waals surface area contributed by atoms with Crippen LogP contribution in [0.2, 0.25) is 0 Å². The van der Waals surface area contributed by atoms with Crippen LogP contribution in [0.5, 0.6) is 0 Å². The molecule has 1 N–H and O–H groups in total. The number of sulfone groups is 1. The first-order chi connectivity index (χ1) is 14.9. The van der Waals surface area contributed by atoms with Crippen LogP contribution in [0, 0.1) is 0 Å². The number of nitrogens with one attached hydrogen (secondary N) is 1. The molecule has 0 aliphatic heterocycles. The van der Waals surface area contributed by atoms with E-state index in [0.29, 0.717) is 28.0 Å². The van der Waals surface area contributed by atoms with Crippen molar-refractivity contribution in [3.63, 3.8) is 0 Å². The standard InChI is InChI=1S/C23H19N3O4S/c1-31(28,29)17-11-9-16(10-12-17)24-22(27)18-13-19(14-5-3-2-4-6-14)25-23-20(18)21(26-30-23)15-7-8-15/h2-6,9-13,15H,7-8H2,1H3,(H,24,27). The van der Waals surface area contributed by atoms with Crippen molar-refractivity contribution in [2.75, 3.05) is 11.6 Å². The molecule has 2 aromatic carbocycles. The normalized spacial score (nSPS) is 14.0. The largest absolute Gasteiger partial charge is 0.335 e. The van der Waals surface area contributed by atoms with Gasteiger partial charge in [0.1, 0.15) is 0 Å². The number of nitrogens with zero attached hydrogens (tertiary/aromatic N) is 2. The molecule has 7 nitrogen and oxygen atoms in total. The molecule has 31 heavy (non-hydrogen) atoms. The molecule has 4 aromatic rings. The molecule has 156 valence electrons. The zero-order chi connectivity index (χ0) is 21.6. The van der Waals surface area contributed by atoms with Gasteiger partial charge in [-0.2, -0.15) is 0 Å². The first kappa shape index (κ1) is 19.4. The highest BCUT2D eigenvalue weighted by molar-refractivity contribution is 7.90. The monoisotopic (exact) mass is 433 g/mol. The molecule has 0 spiro atoms. The summed E-state index contributed by atoms with van der Waals surface area (Å²) < 4.78 is 28.8. The number of hydrogen-bond donors (Lipinski definition) is 1. The topological polar surface area (TPSA) is 102 Å². The molecule has 1 amide bonds. The lowest BCUT2D eigenvalue weighted by Gasteiger charge is -2.09. The molecule has 0 radical (unpaired) electrons. The van der Waals surface area contributed by atoms with Crippen molar-refractivity contribution in [1.82, 2.24) is 10.1 Å². The lowest BCUT2D eigenvalue weighted by Crippen LogP contribution is -2.13. The van der Waals surface area contributed by atoms with Gasteiger partial charge in [-0.15, -0.1) is 0 Å². The van der Waals surface area contributed by atoms with E-state index >= 15 is 0 Å². The fourth-order valence-electron chi connectivity index (χ4n) is 3.53. The predicted molar refractivity (Wildman–Crippen MR) is 117 cm³/mol. The van der Waals surface area contributed by atoms with Gasteiger partial charge in [0.2, 0.25) is 0 Å². The van der Waals surface area contributed by atoms with Gasteiger partial charge in [0, 0.05) is 23.4 Å². The van der Waals surface area contributed by atoms with E-state index in [1.165, 1.54) is 12.1 Å². The van der Waals surface area contributed by atoms with E-state index < -0.39 is 9.84 Å². The highest BCUT2D eigenvalue weighted by Gasteiger charge is 2.32. The molecule has 1 saturated carbocycles. The minimum absolute atomic E-state index is 0.193. The van der Waals surface area contributed by atoms with E-state index in [4.69, 9.17) is 4.52 Å². The minimum atomic E-state index is -3.31. The second-order valence-electron chi connectivity index (χ2n) is 7.69. The number of amides is 1. The fraction of sp³-hybridized carbons (Fsp3) is 0.174. The summed E-state index contributed by atoms with van der Waals surface area (Å²) in [6, 6.07) is 17.4. The first-order valence-corrected chi connectivity index (χ1v) is 11.8. The summed E-state index contributed by atoms with van der Waals surface area (Å²) in [5.74, 6) is -0.0481. The van der Waals surface area contributed by atoms with Gasteiger partial charge in [0.15, 0.2) is 9.84 Å². The van der Waals surface area contributed by atoms with Crippen LogP contribution < -0.4 is 5.32 Å². The highest BCUT2D eigenvalue weighted by Crippen LogP contribution is 2.43. The zero-order valence-corrected chi connectivity index (χ0v) is 17.5. The van der Waals surface area contributed by atoms with Crippen molar-refractivity contribution < 1.29 is 17.7 Å². The van der Waals surface area contributed by atoms with Crippen LogP contribution in [0.3, 0.4) is 0 Å². The summed E-state index contributed by atoms with van der Waals surface area (Å²) in [4.78, 5) is 18.0. The Labute approximate surface area is 179 Å². The smallest absolute Gasteiger partial charge is 0.259 e. The van der Waals surface area contributed by atoms with E-state index in [2.05, 4.69) is 15.5 Å². The fourth-order valence-corrected chi connectivity index (χ4v) is 4.16. The Morgan fingerprint density at radius 1 is 1.06 bits per heavy atom. The van der Waals surface area contributed by atoms with E-state index in [1.807, 2.05) is 30.3 Å². The maximum absolute atomic E-state index is 13.3. The summed E-state index contributed by atoms with van der Waals surface area (Å²) in [6.07, 6.45) is 3.16. The van der Waals surface area contributed by atoms with Gasteiger partial charge in [-0.05, 0) is 43.2 Å². The highest BCUT2D eigenvalue weighted by atomic mass is 32.2. The number of fused-ring (bicyclic) bond motifs is 1. The lowest BCUT2D eigenvalue weighted by molar-refractivity contribution is 0.102. The number of anilines is 1. The van der Waals surface area contributed by atoms with Crippen LogP contribution in [0.1, 0.15) is 34.8 Å². The zero-order valence-electron chi connectivity index (χ0n) is 16.7. The summed E-state index contributed by atoms with van der Waals surface area (Å²) in [5, 5.41) is 7.68. The average molecular weight is 433 g/mol. The molecule has 1 aliphatic carbocycles. The number of aromatic nitrogens is 2. The van der Waals surface area contributed by atoms with Crippen molar-refractivity contribution in [2.45, 2.75) is 23.7 Å². The third kappa shape index (κ3) is 3.82. The van der Waals surface area contributed by atoms with E-state index in [1.54, 1.807) is 18.2 Å². The van der Waals surface area contributed by atoms with Crippen molar-refractivity contribution in [3.05, 3.63) is 71.9 Å². The van der Waals surface area contributed by atoms with E-state index in [-0.39, 0.29) is 16.7 Å². The van der Waals surface area contributed by atoms with Gasteiger partial charge in [-0.3, -0.25) is 4.79 Å².